The topological polar surface area (TPSA) is 94.9 Å². The molecule has 0 bridgehead atoms. The predicted molar refractivity (Wildman–Crippen MR) is 103 cm³/mol. The monoisotopic (exact) mass is 342 g/mol. The second-order valence-electron chi connectivity index (χ2n) is 5.99. The highest BCUT2D eigenvalue weighted by atomic mass is 16.5. The Kier molecular flexibility index (Phi) is 6.36. The van der Waals surface area contributed by atoms with Crippen molar-refractivity contribution in [3.63, 3.8) is 0 Å². The van der Waals surface area contributed by atoms with Crippen molar-refractivity contribution >= 4 is 22.8 Å². The lowest BCUT2D eigenvalue weighted by Gasteiger charge is -2.27. The molecule has 1 aromatic rings. The number of ether oxygens (including phenoxy) is 1. The van der Waals surface area contributed by atoms with Crippen molar-refractivity contribution in [2.75, 3.05) is 24.7 Å². The molecule has 134 valence electrons. The van der Waals surface area contributed by atoms with E-state index in [-0.39, 0.29) is 18.9 Å². The summed E-state index contributed by atoms with van der Waals surface area (Å²) in [6.07, 6.45) is 3.14. The van der Waals surface area contributed by atoms with Crippen LogP contribution in [0.3, 0.4) is 0 Å². The Hall–Kier alpha value is -2.60. The van der Waals surface area contributed by atoms with Gasteiger partial charge in [-0.2, -0.15) is 0 Å². The van der Waals surface area contributed by atoms with E-state index in [0.717, 1.165) is 17.9 Å². The third kappa shape index (κ3) is 4.70. The maximum atomic E-state index is 8.87. The predicted octanol–water partition coefficient (Wildman–Crippen LogP) is 2.76. The molecule has 2 rings (SSSR count). The van der Waals surface area contributed by atoms with E-state index in [4.69, 9.17) is 21.0 Å². The number of hydrogen-bond donors (Lipinski definition) is 3. The number of benzene rings is 1. The number of hydrogen-bond acceptors (Lipinski definition) is 6. The number of aliphatic imine (C=N–C) groups is 1. The van der Waals surface area contributed by atoms with Crippen LogP contribution in [0.5, 0.6) is 0 Å². The average Bonchev–Trinajstić information content (AvgIpc) is 2.58. The van der Waals surface area contributed by atoms with Crippen molar-refractivity contribution in [2.24, 2.45) is 10.7 Å². The molecule has 0 amide bonds. The van der Waals surface area contributed by atoms with Crippen LogP contribution in [-0.4, -0.2) is 42.3 Å². The minimum absolute atomic E-state index is 0.110. The van der Waals surface area contributed by atoms with Gasteiger partial charge in [0.25, 0.3) is 0 Å². The first kappa shape index (κ1) is 18.7. The summed E-state index contributed by atoms with van der Waals surface area (Å²) >= 11 is 0. The molecule has 6 heteroatoms. The van der Waals surface area contributed by atoms with Crippen LogP contribution in [0.25, 0.3) is 0 Å². The molecule has 4 N–H and O–H groups in total. The third-order valence-electron chi connectivity index (χ3n) is 3.87. The van der Waals surface area contributed by atoms with Crippen LogP contribution in [0.1, 0.15) is 20.8 Å². The van der Waals surface area contributed by atoms with E-state index in [1.54, 1.807) is 6.08 Å². The summed E-state index contributed by atoms with van der Waals surface area (Å²) in [5.74, 6) is 0.357. The molecule has 0 atom stereocenters. The van der Waals surface area contributed by atoms with Gasteiger partial charge in [0, 0.05) is 24.4 Å². The Morgan fingerprint density at radius 1 is 1.24 bits per heavy atom. The lowest BCUT2D eigenvalue weighted by Crippen LogP contribution is -2.30. The number of nitrogens with one attached hydrogen (secondary N) is 1. The van der Waals surface area contributed by atoms with Crippen molar-refractivity contribution in [1.82, 2.24) is 0 Å². The number of allylic oxidation sites excluding steroid dienone is 2. The molecule has 0 radical (unpaired) electrons. The lowest BCUT2D eigenvalue weighted by atomic mass is 10.1. The summed E-state index contributed by atoms with van der Waals surface area (Å²) in [5.41, 5.74) is 9.05. The van der Waals surface area contributed by atoms with Gasteiger partial charge in [0.2, 0.25) is 0 Å². The molecule has 6 nitrogen and oxygen atoms in total. The zero-order chi connectivity index (χ0) is 18.4. The van der Waals surface area contributed by atoms with Gasteiger partial charge in [0.15, 0.2) is 0 Å². The maximum Gasteiger partial charge on any atom is 0.146 e. The Bertz CT molecular complexity index is 703. The van der Waals surface area contributed by atoms with Crippen LogP contribution >= 0.6 is 0 Å². The Balaban J connectivity index is 2.24. The molecule has 0 unspecified atom stereocenters. The van der Waals surface area contributed by atoms with Crippen molar-refractivity contribution < 1.29 is 9.84 Å². The standard InChI is InChI=1S/C19H26N4O2/c1-4-23(13(2)3)15-7-5-14(6-8-15)22-18-12-19(25-10-9-24)17(21)11-16(18)20/h5-8,11-13,21,24H,4,9-10,20H2,1-3H3/b21-17?,22-18-. The number of aliphatic hydroxyl groups excluding tert-OH is 1. The molecule has 0 heterocycles. The fraction of sp³-hybridized carbons (Fsp3) is 0.368. The minimum Gasteiger partial charge on any atom is -0.489 e. The summed E-state index contributed by atoms with van der Waals surface area (Å²) in [6, 6.07) is 8.41. The highest BCUT2D eigenvalue weighted by Gasteiger charge is 2.15. The molecule has 0 aliphatic heterocycles. The summed E-state index contributed by atoms with van der Waals surface area (Å²) in [4.78, 5) is 6.85. The van der Waals surface area contributed by atoms with E-state index < -0.39 is 0 Å². The zero-order valence-electron chi connectivity index (χ0n) is 15.0. The average molecular weight is 342 g/mol. The van der Waals surface area contributed by atoms with Crippen LogP contribution in [0, 0.1) is 5.41 Å². The highest BCUT2D eigenvalue weighted by Crippen LogP contribution is 2.23. The SMILES string of the molecule is CCN(c1ccc(/N=C2/C=C(OCCO)C(=N)C=C2N)cc1)C(C)C. The van der Waals surface area contributed by atoms with Crippen molar-refractivity contribution in [3.8, 4) is 0 Å². The highest BCUT2D eigenvalue weighted by molar-refractivity contribution is 6.22. The van der Waals surface area contributed by atoms with Crippen molar-refractivity contribution in [2.45, 2.75) is 26.8 Å². The normalized spacial score (nSPS) is 16.0. The molecule has 0 saturated carbocycles. The molecule has 1 aliphatic rings. The Labute approximate surface area is 148 Å². The van der Waals surface area contributed by atoms with Crippen molar-refractivity contribution in [3.05, 3.63) is 47.9 Å². The first-order valence-electron chi connectivity index (χ1n) is 8.43. The van der Waals surface area contributed by atoms with Crippen molar-refractivity contribution in [1.29, 1.82) is 5.41 Å². The smallest absolute Gasteiger partial charge is 0.146 e. The van der Waals surface area contributed by atoms with Gasteiger partial charge in [-0.3, -0.25) is 5.41 Å². The molecule has 0 saturated heterocycles. The van der Waals surface area contributed by atoms with Crippen LogP contribution in [0.4, 0.5) is 11.4 Å². The number of nitrogens with zero attached hydrogens (tertiary/aromatic N) is 2. The summed E-state index contributed by atoms with van der Waals surface area (Å²) in [5, 5.41) is 16.7. The van der Waals surface area contributed by atoms with E-state index >= 15 is 0 Å². The van der Waals surface area contributed by atoms with Gasteiger partial charge < -0.3 is 20.5 Å². The molecule has 0 aromatic heterocycles. The molecule has 0 spiro atoms. The zero-order valence-corrected chi connectivity index (χ0v) is 15.0. The molecule has 1 aliphatic carbocycles. The van der Waals surface area contributed by atoms with E-state index in [1.165, 1.54) is 6.08 Å². The molecular formula is C19H26N4O2. The van der Waals surface area contributed by atoms with Crippen LogP contribution in [0.15, 0.2) is 52.9 Å². The number of nitrogens with two attached hydrogens (primary N) is 1. The maximum absolute atomic E-state index is 8.87. The molecule has 0 fully saturated rings. The van der Waals surface area contributed by atoms with Gasteiger partial charge in [-0.1, -0.05) is 0 Å². The van der Waals surface area contributed by atoms with Gasteiger partial charge in [0.1, 0.15) is 12.4 Å². The number of rotatable bonds is 7. The summed E-state index contributed by atoms with van der Waals surface area (Å²) < 4.78 is 5.35. The molecule has 25 heavy (non-hydrogen) atoms. The van der Waals surface area contributed by atoms with E-state index in [9.17, 15) is 0 Å². The van der Waals surface area contributed by atoms with E-state index in [0.29, 0.717) is 23.2 Å². The molecular weight excluding hydrogens is 316 g/mol. The second kappa shape index (κ2) is 8.48. The number of anilines is 1. The minimum atomic E-state index is -0.110. The first-order valence-corrected chi connectivity index (χ1v) is 8.43. The summed E-state index contributed by atoms with van der Waals surface area (Å²) in [7, 11) is 0. The van der Waals surface area contributed by atoms with E-state index in [2.05, 4.69) is 30.7 Å². The Morgan fingerprint density at radius 3 is 2.48 bits per heavy atom. The fourth-order valence-electron chi connectivity index (χ4n) is 2.66. The third-order valence-corrected chi connectivity index (χ3v) is 3.87. The Morgan fingerprint density at radius 2 is 1.92 bits per heavy atom. The van der Waals surface area contributed by atoms with E-state index in [1.807, 2.05) is 24.3 Å². The van der Waals surface area contributed by atoms with Gasteiger partial charge in [-0.15, -0.1) is 0 Å². The fourth-order valence-corrected chi connectivity index (χ4v) is 2.66. The van der Waals surface area contributed by atoms with Gasteiger partial charge >= 0.3 is 0 Å². The molecule has 1 aromatic carbocycles. The summed E-state index contributed by atoms with van der Waals surface area (Å²) in [6.45, 7) is 7.43. The quantitative estimate of drug-likeness (QED) is 0.664. The largest absolute Gasteiger partial charge is 0.489 e. The first-order chi connectivity index (χ1) is 12.0. The van der Waals surface area contributed by atoms with Gasteiger partial charge in [-0.25, -0.2) is 4.99 Å². The number of aliphatic hydroxyl groups is 1. The van der Waals surface area contributed by atoms with Gasteiger partial charge in [0.05, 0.1) is 29.4 Å². The lowest BCUT2D eigenvalue weighted by molar-refractivity contribution is 0.156. The van der Waals surface area contributed by atoms with Gasteiger partial charge in [-0.05, 0) is 51.1 Å². The van der Waals surface area contributed by atoms with Crippen LogP contribution in [0.2, 0.25) is 0 Å². The van der Waals surface area contributed by atoms with Crippen LogP contribution < -0.4 is 10.6 Å². The van der Waals surface area contributed by atoms with Crippen LogP contribution in [-0.2, 0) is 4.74 Å². The second-order valence-corrected chi connectivity index (χ2v) is 5.99.